The van der Waals surface area contributed by atoms with Crippen LogP contribution in [0, 0.1) is 0 Å². The van der Waals surface area contributed by atoms with Crippen LogP contribution in [-0.4, -0.2) is 20.2 Å². The lowest BCUT2D eigenvalue weighted by molar-refractivity contribution is 0.586. The Kier molecular flexibility index (Phi) is 3.07. The highest BCUT2D eigenvalue weighted by molar-refractivity contribution is 6.33. The molecule has 0 spiro atoms. The Morgan fingerprint density at radius 3 is 2.58 bits per heavy atom. The summed E-state index contributed by atoms with van der Waals surface area (Å²) in [6.45, 7) is 0. The van der Waals surface area contributed by atoms with E-state index in [2.05, 4.69) is 25.5 Å². The molecule has 0 aliphatic rings. The Morgan fingerprint density at radius 1 is 1.00 bits per heavy atom. The van der Waals surface area contributed by atoms with Gasteiger partial charge in [-0.25, -0.2) is 9.97 Å². The number of hydrogen-bond acceptors (Lipinski definition) is 6. The molecule has 19 heavy (non-hydrogen) atoms. The summed E-state index contributed by atoms with van der Waals surface area (Å²) < 4.78 is 5.46. The SMILES string of the molecule is Clc1ccccc1-c1nnc(Nc2ncccn2)o1. The zero-order valence-corrected chi connectivity index (χ0v) is 10.4. The lowest BCUT2D eigenvalue weighted by atomic mass is 10.2. The number of benzene rings is 1. The highest BCUT2D eigenvalue weighted by Crippen LogP contribution is 2.27. The van der Waals surface area contributed by atoms with Crippen molar-refractivity contribution in [3.63, 3.8) is 0 Å². The number of aromatic nitrogens is 4. The Hall–Kier alpha value is -2.47. The molecule has 0 aliphatic carbocycles. The monoisotopic (exact) mass is 273 g/mol. The molecule has 0 amide bonds. The molecule has 7 heteroatoms. The van der Waals surface area contributed by atoms with E-state index in [4.69, 9.17) is 16.0 Å². The molecule has 1 N–H and O–H groups in total. The van der Waals surface area contributed by atoms with E-state index in [9.17, 15) is 0 Å². The average molecular weight is 274 g/mol. The number of halogens is 1. The number of nitrogens with zero attached hydrogens (tertiary/aromatic N) is 4. The van der Waals surface area contributed by atoms with E-state index >= 15 is 0 Å². The van der Waals surface area contributed by atoms with Gasteiger partial charge in [-0.3, -0.25) is 5.32 Å². The van der Waals surface area contributed by atoms with Crippen molar-refractivity contribution < 1.29 is 4.42 Å². The quantitative estimate of drug-likeness (QED) is 0.791. The van der Waals surface area contributed by atoms with Gasteiger partial charge in [0, 0.05) is 12.4 Å². The molecule has 0 atom stereocenters. The van der Waals surface area contributed by atoms with E-state index < -0.39 is 0 Å². The highest BCUT2D eigenvalue weighted by atomic mass is 35.5. The molecule has 6 nitrogen and oxygen atoms in total. The maximum atomic E-state index is 6.06. The largest absolute Gasteiger partial charge is 0.403 e. The first-order valence-electron chi connectivity index (χ1n) is 5.45. The molecule has 0 unspecified atom stereocenters. The fraction of sp³-hybridized carbons (Fsp3) is 0. The van der Waals surface area contributed by atoms with Crippen molar-refractivity contribution in [3.05, 3.63) is 47.7 Å². The molecule has 0 aliphatic heterocycles. The predicted octanol–water partition coefficient (Wildman–Crippen LogP) is 2.92. The van der Waals surface area contributed by atoms with E-state index in [0.29, 0.717) is 22.4 Å². The van der Waals surface area contributed by atoms with Crippen LogP contribution >= 0.6 is 11.6 Å². The van der Waals surface area contributed by atoms with Gasteiger partial charge in [0.05, 0.1) is 10.6 Å². The van der Waals surface area contributed by atoms with Crippen LogP contribution in [0.15, 0.2) is 47.1 Å². The van der Waals surface area contributed by atoms with Crippen LogP contribution in [0.5, 0.6) is 0 Å². The number of hydrogen-bond donors (Lipinski definition) is 1. The van der Waals surface area contributed by atoms with Crippen molar-refractivity contribution >= 4 is 23.6 Å². The van der Waals surface area contributed by atoms with Crippen LogP contribution < -0.4 is 5.32 Å². The minimum absolute atomic E-state index is 0.209. The van der Waals surface area contributed by atoms with Gasteiger partial charge in [-0.2, -0.15) is 0 Å². The van der Waals surface area contributed by atoms with Gasteiger partial charge in [0.25, 0.3) is 5.89 Å². The second kappa shape index (κ2) is 5.03. The van der Waals surface area contributed by atoms with Gasteiger partial charge in [-0.15, -0.1) is 5.10 Å². The summed E-state index contributed by atoms with van der Waals surface area (Å²) in [6, 6.07) is 9.17. The van der Waals surface area contributed by atoms with Crippen LogP contribution in [0.1, 0.15) is 0 Å². The van der Waals surface area contributed by atoms with Crippen LogP contribution in [0.25, 0.3) is 11.5 Å². The van der Waals surface area contributed by atoms with E-state index in [1.165, 1.54) is 0 Å². The Bertz CT molecular complexity index is 685. The first-order valence-corrected chi connectivity index (χ1v) is 5.83. The summed E-state index contributed by atoms with van der Waals surface area (Å²) in [4.78, 5) is 8.00. The van der Waals surface area contributed by atoms with Crippen molar-refractivity contribution in [3.8, 4) is 11.5 Å². The van der Waals surface area contributed by atoms with Crippen molar-refractivity contribution in [1.82, 2.24) is 20.2 Å². The third kappa shape index (κ3) is 2.53. The molecule has 3 rings (SSSR count). The second-order valence-electron chi connectivity index (χ2n) is 3.59. The number of anilines is 2. The fourth-order valence-corrected chi connectivity index (χ4v) is 1.69. The van der Waals surface area contributed by atoms with Gasteiger partial charge in [-0.05, 0) is 18.2 Å². The van der Waals surface area contributed by atoms with Crippen LogP contribution in [0.3, 0.4) is 0 Å². The molecule has 2 heterocycles. The van der Waals surface area contributed by atoms with Crippen LogP contribution in [0.4, 0.5) is 12.0 Å². The van der Waals surface area contributed by atoms with Crippen LogP contribution in [-0.2, 0) is 0 Å². The van der Waals surface area contributed by atoms with Gasteiger partial charge in [0.2, 0.25) is 5.95 Å². The minimum Gasteiger partial charge on any atom is -0.403 e. The summed E-state index contributed by atoms with van der Waals surface area (Å²) in [6.07, 6.45) is 3.22. The summed E-state index contributed by atoms with van der Waals surface area (Å²) in [5.74, 6) is 0.723. The number of rotatable bonds is 3. The summed E-state index contributed by atoms with van der Waals surface area (Å²) in [5, 5.41) is 11.1. The molecule has 0 radical (unpaired) electrons. The minimum atomic E-state index is 0.209. The molecule has 1 aromatic carbocycles. The average Bonchev–Trinajstić information content (AvgIpc) is 2.89. The standard InChI is InChI=1S/C12H8ClN5O/c13-9-5-2-1-4-8(9)10-17-18-12(19-10)16-11-14-6-3-7-15-11/h1-7H,(H,14,15,16,18). The van der Waals surface area contributed by atoms with E-state index in [-0.39, 0.29) is 6.01 Å². The van der Waals surface area contributed by atoms with Gasteiger partial charge < -0.3 is 4.42 Å². The topological polar surface area (TPSA) is 76.7 Å². The highest BCUT2D eigenvalue weighted by Gasteiger charge is 2.11. The van der Waals surface area contributed by atoms with E-state index in [1.807, 2.05) is 12.1 Å². The van der Waals surface area contributed by atoms with Gasteiger partial charge in [-0.1, -0.05) is 28.8 Å². The van der Waals surface area contributed by atoms with E-state index in [0.717, 1.165) is 0 Å². The molecule has 94 valence electrons. The third-order valence-corrected chi connectivity index (χ3v) is 2.64. The van der Waals surface area contributed by atoms with Crippen molar-refractivity contribution in [2.24, 2.45) is 0 Å². The van der Waals surface area contributed by atoms with Crippen molar-refractivity contribution in [2.45, 2.75) is 0 Å². The van der Waals surface area contributed by atoms with Crippen molar-refractivity contribution in [2.75, 3.05) is 5.32 Å². The van der Waals surface area contributed by atoms with Gasteiger partial charge in [0.15, 0.2) is 0 Å². The Labute approximate surface area is 113 Å². The molecule has 0 saturated carbocycles. The maximum Gasteiger partial charge on any atom is 0.322 e. The maximum absolute atomic E-state index is 6.06. The summed E-state index contributed by atoms with van der Waals surface area (Å²) in [5.41, 5.74) is 0.679. The van der Waals surface area contributed by atoms with Crippen LogP contribution in [0.2, 0.25) is 5.02 Å². The van der Waals surface area contributed by atoms with E-state index in [1.54, 1.807) is 30.6 Å². The zero-order chi connectivity index (χ0) is 13.1. The first-order chi connectivity index (χ1) is 9.33. The molecule has 0 fully saturated rings. The third-order valence-electron chi connectivity index (χ3n) is 2.31. The van der Waals surface area contributed by atoms with Gasteiger partial charge >= 0.3 is 6.01 Å². The fourth-order valence-electron chi connectivity index (χ4n) is 1.48. The molecule has 0 bridgehead atoms. The van der Waals surface area contributed by atoms with Crippen molar-refractivity contribution in [1.29, 1.82) is 0 Å². The number of nitrogens with one attached hydrogen (secondary N) is 1. The first kappa shape index (κ1) is 11.6. The lowest BCUT2D eigenvalue weighted by Crippen LogP contribution is -1.95. The second-order valence-corrected chi connectivity index (χ2v) is 4.00. The molecule has 0 saturated heterocycles. The normalized spacial score (nSPS) is 10.4. The predicted molar refractivity (Wildman–Crippen MR) is 70.1 cm³/mol. The van der Waals surface area contributed by atoms with Gasteiger partial charge in [0.1, 0.15) is 0 Å². The lowest BCUT2D eigenvalue weighted by Gasteiger charge is -1.98. The molecular weight excluding hydrogens is 266 g/mol. The molecule has 2 aromatic heterocycles. The zero-order valence-electron chi connectivity index (χ0n) is 9.62. The smallest absolute Gasteiger partial charge is 0.322 e. The summed E-state index contributed by atoms with van der Waals surface area (Å²) >= 11 is 6.06. The summed E-state index contributed by atoms with van der Waals surface area (Å²) in [7, 11) is 0. The Morgan fingerprint density at radius 2 is 1.79 bits per heavy atom. The molecular formula is C12H8ClN5O. The Balaban J connectivity index is 1.86. The molecule has 3 aromatic rings.